The fraction of sp³-hybridized carbons (Fsp3) is 0.200. The van der Waals surface area contributed by atoms with Crippen LogP contribution in [0.1, 0.15) is 40.7 Å². The van der Waals surface area contributed by atoms with Crippen LogP contribution in [-0.2, 0) is 13.0 Å². The van der Waals surface area contributed by atoms with Gasteiger partial charge in [-0.2, -0.15) is 5.26 Å². The Morgan fingerprint density at radius 2 is 1.68 bits per heavy atom. The number of nitriles is 1. The Hall–Kier alpha value is -3.38. The largest absolute Gasteiger partial charge is 0.311 e. The molecule has 0 atom stereocenters. The van der Waals surface area contributed by atoms with Crippen molar-refractivity contribution in [1.82, 2.24) is 4.57 Å². The van der Waals surface area contributed by atoms with Gasteiger partial charge in [0.15, 0.2) is 0 Å². The van der Waals surface area contributed by atoms with Gasteiger partial charge in [-0.3, -0.25) is 4.79 Å². The Bertz CT molecular complexity index is 1040. The zero-order valence-corrected chi connectivity index (χ0v) is 16.1. The molecule has 0 radical (unpaired) electrons. The number of aromatic nitrogens is 1. The zero-order valence-electron chi connectivity index (χ0n) is 16.1. The van der Waals surface area contributed by atoms with Crippen molar-refractivity contribution in [3.05, 3.63) is 105 Å². The van der Waals surface area contributed by atoms with Crippen LogP contribution in [-0.4, -0.2) is 4.57 Å². The van der Waals surface area contributed by atoms with Gasteiger partial charge in [0.05, 0.1) is 12.6 Å². The van der Waals surface area contributed by atoms with Crippen molar-refractivity contribution in [3.8, 4) is 6.07 Å². The molecule has 0 fully saturated rings. The van der Waals surface area contributed by atoms with E-state index in [2.05, 4.69) is 6.07 Å². The standard InChI is InChI=1S/C25H24N2O/c1-20-18-27(19-22-12-6-3-7-13-22)25(28)24(14-8-9-17-26)23(20)16-15-21-10-4-2-5-11-21/h2-7,10-13,15-16,18H,8-9,14,19H2,1H3/b16-15+. The van der Waals surface area contributed by atoms with Crippen molar-refractivity contribution in [2.45, 2.75) is 32.7 Å². The van der Waals surface area contributed by atoms with Gasteiger partial charge in [0.1, 0.15) is 0 Å². The van der Waals surface area contributed by atoms with Crippen LogP contribution < -0.4 is 5.56 Å². The first kappa shape index (κ1) is 19.4. The third kappa shape index (κ3) is 4.86. The van der Waals surface area contributed by atoms with E-state index in [1.165, 1.54) is 0 Å². The molecule has 1 heterocycles. The van der Waals surface area contributed by atoms with E-state index in [1.807, 2.05) is 85.9 Å². The Balaban J connectivity index is 2.00. The fourth-order valence-corrected chi connectivity index (χ4v) is 3.35. The second-order valence-electron chi connectivity index (χ2n) is 6.88. The Morgan fingerprint density at radius 1 is 1.00 bits per heavy atom. The molecule has 0 unspecified atom stereocenters. The average molecular weight is 368 g/mol. The van der Waals surface area contributed by atoms with E-state index >= 15 is 0 Å². The maximum atomic E-state index is 13.2. The van der Waals surface area contributed by atoms with Crippen LogP contribution in [0.15, 0.2) is 71.7 Å². The Labute approximate surface area is 166 Å². The molecule has 0 saturated carbocycles. The summed E-state index contributed by atoms with van der Waals surface area (Å²) in [7, 11) is 0. The SMILES string of the molecule is Cc1cn(Cc2ccccc2)c(=O)c(CCCC#N)c1/C=C/c1ccccc1. The van der Waals surface area contributed by atoms with Gasteiger partial charge in [-0.25, -0.2) is 0 Å². The maximum absolute atomic E-state index is 13.2. The molecular formula is C25H24N2O. The van der Waals surface area contributed by atoms with Crippen LogP contribution >= 0.6 is 0 Å². The first-order chi connectivity index (χ1) is 13.7. The lowest BCUT2D eigenvalue weighted by Crippen LogP contribution is -2.26. The molecule has 3 heteroatoms. The molecule has 0 amide bonds. The summed E-state index contributed by atoms with van der Waals surface area (Å²) in [4.78, 5) is 13.2. The Kier molecular flexibility index (Phi) is 6.59. The molecule has 0 aliphatic carbocycles. The summed E-state index contributed by atoms with van der Waals surface area (Å²) < 4.78 is 1.78. The maximum Gasteiger partial charge on any atom is 0.254 e. The van der Waals surface area contributed by atoms with Crippen LogP contribution in [0.25, 0.3) is 12.2 Å². The lowest BCUT2D eigenvalue weighted by atomic mass is 9.98. The molecule has 0 aliphatic rings. The molecule has 1 aromatic heterocycles. The van der Waals surface area contributed by atoms with Crippen molar-refractivity contribution in [2.24, 2.45) is 0 Å². The second-order valence-corrected chi connectivity index (χ2v) is 6.88. The molecule has 3 nitrogen and oxygen atoms in total. The van der Waals surface area contributed by atoms with Gasteiger partial charge in [-0.05, 0) is 42.0 Å². The summed E-state index contributed by atoms with van der Waals surface area (Å²) in [5, 5.41) is 8.89. The number of rotatable bonds is 7. The number of hydrogen-bond acceptors (Lipinski definition) is 2. The van der Waals surface area contributed by atoms with Crippen LogP contribution in [0, 0.1) is 18.3 Å². The van der Waals surface area contributed by atoms with Crippen molar-refractivity contribution >= 4 is 12.2 Å². The molecule has 3 aromatic rings. The van der Waals surface area contributed by atoms with Gasteiger partial charge in [-0.1, -0.05) is 72.8 Å². The van der Waals surface area contributed by atoms with E-state index in [1.54, 1.807) is 4.57 Å². The van der Waals surface area contributed by atoms with Gasteiger partial charge in [-0.15, -0.1) is 0 Å². The molecule has 3 rings (SSSR count). The van der Waals surface area contributed by atoms with Gasteiger partial charge in [0.2, 0.25) is 0 Å². The number of benzene rings is 2. The monoisotopic (exact) mass is 368 g/mol. The van der Waals surface area contributed by atoms with Crippen LogP contribution in [0.4, 0.5) is 0 Å². The van der Waals surface area contributed by atoms with E-state index in [0.717, 1.165) is 27.8 Å². The molecule has 0 bridgehead atoms. The van der Waals surface area contributed by atoms with E-state index in [0.29, 0.717) is 25.8 Å². The van der Waals surface area contributed by atoms with Crippen molar-refractivity contribution in [2.75, 3.05) is 0 Å². The minimum atomic E-state index is 0.0279. The van der Waals surface area contributed by atoms with E-state index in [4.69, 9.17) is 5.26 Å². The molecule has 0 saturated heterocycles. The molecule has 140 valence electrons. The van der Waals surface area contributed by atoms with E-state index in [-0.39, 0.29) is 5.56 Å². The van der Waals surface area contributed by atoms with Crippen molar-refractivity contribution < 1.29 is 0 Å². The average Bonchev–Trinajstić information content (AvgIpc) is 2.72. The van der Waals surface area contributed by atoms with Crippen LogP contribution in [0.2, 0.25) is 0 Å². The number of hydrogen-bond donors (Lipinski definition) is 0. The molecule has 0 spiro atoms. The third-order valence-electron chi connectivity index (χ3n) is 4.77. The summed E-state index contributed by atoms with van der Waals surface area (Å²) in [5.74, 6) is 0. The Morgan fingerprint density at radius 3 is 2.36 bits per heavy atom. The highest BCUT2D eigenvalue weighted by atomic mass is 16.1. The highest BCUT2D eigenvalue weighted by Crippen LogP contribution is 2.18. The minimum absolute atomic E-state index is 0.0279. The zero-order chi connectivity index (χ0) is 19.8. The molecule has 0 aliphatic heterocycles. The first-order valence-corrected chi connectivity index (χ1v) is 9.56. The van der Waals surface area contributed by atoms with E-state index in [9.17, 15) is 4.79 Å². The topological polar surface area (TPSA) is 45.8 Å². The highest BCUT2D eigenvalue weighted by molar-refractivity contribution is 5.72. The molecule has 28 heavy (non-hydrogen) atoms. The van der Waals surface area contributed by atoms with Gasteiger partial charge in [0, 0.05) is 18.2 Å². The summed E-state index contributed by atoms with van der Waals surface area (Å²) in [5.41, 5.74) is 5.04. The lowest BCUT2D eigenvalue weighted by molar-refractivity contribution is 0.725. The summed E-state index contributed by atoms with van der Waals surface area (Å²) in [6.45, 7) is 2.59. The molecule has 0 N–H and O–H groups in total. The quantitative estimate of drug-likeness (QED) is 0.537. The van der Waals surface area contributed by atoms with Gasteiger partial charge in [0.25, 0.3) is 5.56 Å². The number of unbranched alkanes of at least 4 members (excludes halogenated alkanes) is 1. The summed E-state index contributed by atoms with van der Waals surface area (Å²) >= 11 is 0. The summed E-state index contributed by atoms with van der Waals surface area (Å²) in [6.07, 6.45) is 7.75. The first-order valence-electron chi connectivity index (χ1n) is 9.56. The predicted molar refractivity (Wildman–Crippen MR) is 115 cm³/mol. The summed E-state index contributed by atoms with van der Waals surface area (Å²) in [6, 6.07) is 22.2. The van der Waals surface area contributed by atoms with Gasteiger partial charge >= 0.3 is 0 Å². The normalized spacial score (nSPS) is 10.9. The number of nitrogens with zero attached hydrogens (tertiary/aromatic N) is 2. The third-order valence-corrected chi connectivity index (χ3v) is 4.77. The molecular weight excluding hydrogens is 344 g/mol. The van der Waals surface area contributed by atoms with Crippen molar-refractivity contribution in [1.29, 1.82) is 5.26 Å². The van der Waals surface area contributed by atoms with Gasteiger partial charge < -0.3 is 4.57 Å². The minimum Gasteiger partial charge on any atom is -0.311 e. The lowest BCUT2D eigenvalue weighted by Gasteiger charge is -2.14. The van der Waals surface area contributed by atoms with Crippen LogP contribution in [0.5, 0.6) is 0 Å². The fourth-order valence-electron chi connectivity index (χ4n) is 3.35. The smallest absolute Gasteiger partial charge is 0.254 e. The number of pyridine rings is 1. The van der Waals surface area contributed by atoms with Crippen LogP contribution in [0.3, 0.4) is 0 Å². The van der Waals surface area contributed by atoms with E-state index < -0.39 is 0 Å². The number of aryl methyl sites for hydroxylation is 1. The van der Waals surface area contributed by atoms with Crippen molar-refractivity contribution in [3.63, 3.8) is 0 Å². The molecule has 2 aromatic carbocycles. The second kappa shape index (κ2) is 9.53. The highest BCUT2D eigenvalue weighted by Gasteiger charge is 2.12. The predicted octanol–water partition coefficient (Wildman–Crippen LogP) is 5.22.